The van der Waals surface area contributed by atoms with Gasteiger partial charge < -0.3 is 0 Å². The third kappa shape index (κ3) is 6.94. The fraction of sp³-hybridized carbons (Fsp3) is 0.643. The number of benzene rings is 1. The molecule has 0 nitrogen and oxygen atoms in total. The van der Waals surface area contributed by atoms with Crippen LogP contribution in [0.3, 0.4) is 0 Å². The van der Waals surface area contributed by atoms with Crippen molar-refractivity contribution in [2.24, 2.45) is 10.8 Å². The summed E-state index contributed by atoms with van der Waals surface area (Å²) in [4.78, 5) is 0. The normalized spacial score (nSPS) is 14.1. The molecule has 1 aliphatic rings. The van der Waals surface area contributed by atoms with E-state index in [0.717, 1.165) is 12.8 Å². The second kappa shape index (κ2) is 12.3. The zero-order chi connectivity index (χ0) is 22.0. The monoisotopic (exact) mass is 384 g/mol. The first kappa shape index (κ1) is 26.7. The molecule has 1 aromatic carbocycles. The predicted molar refractivity (Wildman–Crippen MR) is 130 cm³/mol. The fourth-order valence-corrected chi connectivity index (χ4v) is 3.87. The van der Waals surface area contributed by atoms with Gasteiger partial charge in [0.1, 0.15) is 0 Å². The molecule has 0 amide bonds. The first-order chi connectivity index (χ1) is 13.1. The molecule has 0 aliphatic heterocycles. The molecule has 0 unspecified atom stereocenters. The molecule has 160 valence electrons. The molecule has 0 saturated heterocycles. The van der Waals surface area contributed by atoms with Gasteiger partial charge >= 0.3 is 0 Å². The Morgan fingerprint density at radius 2 is 1.36 bits per heavy atom. The Morgan fingerprint density at radius 3 is 1.86 bits per heavy atom. The summed E-state index contributed by atoms with van der Waals surface area (Å²) in [6.45, 7) is 24.8. The lowest BCUT2D eigenvalue weighted by Crippen LogP contribution is -2.37. The van der Waals surface area contributed by atoms with E-state index in [9.17, 15) is 0 Å². The van der Waals surface area contributed by atoms with E-state index in [1.165, 1.54) is 41.5 Å². The molecule has 0 radical (unpaired) electrons. The summed E-state index contributed by atoms with van der Waals surface area (Å²) in [6, 6.07) is 6.96. The topological polar surface area (TPSA) is 0 Å². The predicted octanol–water partition coefficient (Wildman–Crippen LogP) is 9.26. The second-order valence-electron chi connectivity index (χ2n) is 9.10. The van der Waals surface area contributed by atoms with Gasteiger partial charge in [0.05, 0.1) is 0 Å². The van der Waals surface area contributed by atoms with Gasteiger partial charge in [-0.2, -0.15) is 0 Å². The lowest BCUT2D eigenvalue weighted by molar-refractivity contribution is 0.152. The van der Waals surface area contributed by atoms with Crippen LogP contribution in [0.1, 0.15) is 105 Å². The molecule has 0 aromatic heterocycles. The number of rotatable bonds is 5. The van der Waals surface area contributed by atoms with Crippen LogP contribution in [0, 0.1) is 17.8 Å². The van der Waals surface area contributed by atoms with Crippen LogP contribution < -0.4 is 0 Å². The van der Waals surface area contributed by atoms with E-state index < -0.39 is 0 Å². The minimum atomic E-state index is 0.169. The highest BCUT2D eigenvalue weighted by molar-refractivity contribution is 5.39. The Balaban J connectivity index is 0.00000133. The average molecular weight is 385 g/mol. The Labute approximate surface area is 177 Å². The highest BCUT2D eigenvalue weighted by Crippen LogP contribution is 2.50. The minimum Gasteiger partial charge on any atom is -0.0810 e. The molecule has 28 heavy (non-hydrogen) atoms. The molecule has 2 rings (SSSR count). The van der Waals surface area contributed by atoms with Crippen molar-refractivity contribution in [3.8, 4) is 0 Å². The van der Waals surface area contributed by atoms with Crippen molar-refractivity contribution in [3.05, 3.63) is 58.2 Å². The van der Waals surface area contributed by atoms with E-state index in [0.29, 0.717) is 0 Å². The standard InChI is InChI=1S/C23H34.C3H8.C2H6/c1-8-19-14-13-17(2)15-20(19)16-22(4,5)23(6,7)21-12-10-9-11-18(21)3;1-3-2;1-2/h11-15H,8-10,16H2,1-7H3;3H2,1-2H3;1-2H3. The highest BCUT2D eigenvalue weighted by atomic mass is 14.4. The van der Waals surface area contributed by atoms with E-state index in [1.807, 2.05) is 13.8 Å². The van der Waals surface area contributed by atoms with Gasteiger partial charge in [0, 0.05) is 0 Å². The molecule has 0 heteroatoms. The summed E-state index contributed by atoms with van der Waals surface area (Å²) in [5.41, 5.74) is 7.83. The lowest BCUT2D eigenvalue weighted by atomic mass is 9.59. The largest absolute Gasteiger partial charge is 0.0810 e. The zero-order valence-corrected chi connectivity index (χ0v) is 20.9. The van der Waals surface area contributed by atoms with E-state index in [4.69, 9.17) is 0 Å². The second-order valence-corrected chi connectivity index (χ2v) is 9.10. The van der Waals surface area contributed by atoms with Gasteiger partial charge in [-0.15, -0.1) is 0 Å². The van der Waals surface area contributed by atoms with Crippen LogP contribution in [-0.4, -0.2) is 0 Å². The van der Waals surface area contributed by atoms with E-state index in [-0.39, 0.29) is 10.8 Å². The van der Waals surface area contributed by atoms with Crippen LogP contribution in [-0.2, 0) is 12.8 Å². The first-order valence-electron chi connectivity index (χ1n) is 11.6. The Morgan fingerprint density at radius 1 is 0.821 bits per heavy atom. The summed E-state index contributed by atoms with van der Waals surface area (Å²) in [7, 11) is 0. The van der Waals surface area contributed by atoms with E-state index >= 15 is 0 Å². The van der Waals surface area contributed by atoms with Crippen LogP contribution >= 0.6 is 0 Å². The summed E-state index contributed by atoms with van der Waals surface area (Å²) in [5.74, 6) is 0. The highest BCUT2D eigenvalue weighted by Gasteiger charge is 2.40. The number of allylic oxidation sites excluding steroid dienone is 4. The van der Waals surface area contributed by atoms with Gasteiger partial charge in [-0.25, -0.2) is 0 Å². The quantitative estimate of drug-likeness (QED) is 0.474. The number of hydrogen-bond donors (Lipinski definition) is 0. The van der Waals surface area contributed by atoms with Crippen molar-refractivity contribution in [1.29, 1.82) is 0 Å². The number of hydrogen-bond acceptors (Lipinski definition) is 0. The third-order valence-electron chi connectivity index (χ3n) is 6.13. The maximum atomic E-state index is 2.48. The molecular weight excluding hydrogens is 336 g/mol. The molecule has 0 spiro atoms. The van der Waals surface area contributed by atoms with Crippen LogP contribution in [0.5, 0.6) is 0 Å². The van der Waals surface area contributed by atoms with Crippen molar-refractivity contribution in [2.75, 3.05) is 0 Å². The Bertz CT molecular complexity index is 638. The molecule has 0 saturated carbocycles. The average Bonchev–Trinajstić information content (AvgIpc) is 2.64. The third-order valence-corrected chi connectivity index (χ3v) is 6.13. The van der Waals surface area contributed by atoms with Crippen molar-refractivity contribution in [3.63, 3.8) is 0 Å². The number of aryl methyl sites for hydroxylation is 2. The van der Waals surface area contributed by atoms with Gasteiger partial charge in [-0.3, -0.25) is 0 Å². The molecule has 0 heterocycles. The lowest BCUT2D eigenvalue weighted by Gasteiger charge is -2.45. The van der Waals surface area contributed by atoms with Crippen molar-refractivity contribution in [2.45, 2.75) is 108 Å². The van der Waals surface area contributed by atoms with Crippen molar-refractivity contribution >= 4 is 0 Å². The zero-order valence-electron chi connectivity index (χ0n) is 20.9. The van der Waals surface area contributed by atoms with Gasteiger partial charge in [0.2, 0.25) is 0 Å². The summed E-state index contributed by atoms with van der Waals surface area (Å²) < 4.78 is 0. The molecular formula is C28H48. The summed E-state index contributed by atoms with van der Waals surface area (Å²) in [5, 5.41) is 0. The molecule has 0 N–H and O–H groups in total. The fourth-order valence-electron chi connectivity index (χ4n) is 3.87. The van der Waals surface area contributed by atoms with Crippen molar-refractivity contribution in [1.82, 2.24) is 0 Å². The molecule has 0 bridgehead atoms. The molecule has 1 aliphatic carbocycles. The first-order valence-corrected chi connectivity index (χ1v) is 11.6. The van der Waals surface area contributed by atoms with Gasteiger partial charge in [0.15, 0.2) is 0 Å². The van der Waals surface area contributed by atoms with Crippen LogP contribution in [0.4, 0.5) is 0 Å². The van der Waals surface area contributed by atoms with E-state index in [2.05, 4.69) is 92.7 Å². The van der Waals surface area contributed by atoms with Crippen LogP contribution in [0.25, 0.3) is 0 Å². The smallest absolute Gasteiger partial charge is 0.00499 e. The van der Waals surface area contributed by atoms with Crippen LogP contribution in [0.15, 0.2) is 41.5 Å². The Hall–Kier alpha value is -1.30. The van der Waals surface area contributed by atoms with E-state index in [1.54, 1.807) is 5.57 Å². The molecule has 0 fully saturated rings. The minimum absolute atomic E-state index is 0.169. The van der Waals surface area contributed by atoms with Gasteiger partial charge in [-0.05, 0) is 67.1 Å². The maximum absolute atomic E-state index is 2.48. The SMILES string of the molecule is CC.CCC.CCc1ccc(C)cc1CC(C)(C)C(C)(C)C1=CCCC=C1C. The maximum Gasteiger partial charge on any atom is -0.00499 e. The van der Waals surface area contributed by atoms with Crippen LogP contribution in [0.2, 0.25) is 0 Å². The molecule has 1 aromatic rings. The summed E-state index contributed by atoms with van der Waals surface area (Å²) in [6.07, 6.45) is 10.8. The summed E-state index contributed by atoms with van der Waals surface area (Å²) >= 11 is 0. The van der Waals surface area contributed by atoms with Gasteiger partial charge in [-0.1, -0.05) is 110 Å². The molecule has 0 atom stereocenters. The van der Waals surface area contributed by atoms with Crippen molar-refractivity contribution < 1.29 is 0 Å². The van der Waals surface area contributed by atoms with Gasteiger partial charge in [0.25, 0.3) is 0 Å². The Kier molecular flexibility index (Phi) is 11.7.